The van der Waals surface area contributed by atoms with Gasteiger partial charge in [0.05, 0.1) is 7.11 Å². The topological polar surface area (TPSA) is 38.6 Å². The Labute approximate surface area is 99.2 Å². The van der Waals surface area contributed by atoms with Crippen molar-refractivity contribution in [1.29, 1.82) is 0 Å². The number of pyridine rings is 1. The monoisotopic (exact) mass is 239 g/mol. The lowest BCUT2D eigenvalue weighted by Gasteiger charge is -2.04. The van der Waals surface area contributed by atoms with Gasteiger partial charge in [-0.15, -0.1) is 0 Å². The summed E-state index contributed by atoms with van der Waals surface area (Å²) in [6.07, 6.45) is 2.78. The lowest BCUT2D eigenvalue weighted by Crippen LogP contribution is -2.12. The molecule has 0 aromatic carbocycles. The second-order valence-corrected chi connectivity index (χ2v) is 3.83. The third-order valence-corrected chi connectivity index (χ3v) is 2.74. The molecular weight excluding hydrogens is 226 g/mol. The van der Waals surface area contributed by atoms with Crippen molar-refractivity contribution in [2.75, 3.05) is 20.7 Å². The maximum absolute atomic E-state index is 6.11. The molecule has 0 amide bonds. The zero-order valence-electron chi connectivity index (χ0n) is 9.33. The van der Waals surface area contributed by atoms with E-state index < -0.39 is 0 Å². The fourth-order valence-corrected chi connectivity index (χ4v) is 1.98. The van der Waals surface area contributed by atoms with Gasteiger partial charge in [-0.2, -0.15) is 0 Å². The van der Waals surface area contributed by atoms with Crippen LogP contribution in [0.2, 0.25) is 5.15 Å². The molecule has 0 aliphatic rings. The van der Waals surface area contributed by atoms with Gasteiger partial charge in [0, 0.05) is 19.2 Å². The zero-order valence-corrected chi connectivity index (χ0v) is 10.1. The van der Waals surface area contributed by atoms with E-state index in [4.69, 9.17) is 16.3 Å². The number of methoxy groups -OCH3 is 1. The van der Waals surface area contributed by atoms with Gasteiger partial charge >= 0.3 is 0 Å². The van der Waals surface area contributed by atoms with Gasteiger partial charge in [0.1, 0.15) is 17.1 Å². The molecule has 1 N–H and O–H groups in total. The van der Waals surface area contributed by atoms with Crippen molar-refractivity contribution in [3.63, 3.8) is 0 Å². The Morgan fingerprint density at radius 2 is 2.38 bits per heavy atom. The van der Waals surface area contributed by atoms with E-state index in [1.807, 2.05) is 29.8 Å². The highest BCUT2D eigenvalue weighted by Gasteiger charge is 2.12. The Bertz CT molecular complexity index is 495. The van der Waals surface area contributed by atoms with Gasteiger partial charge in [-0.05, 0) is 19.2 Å². The number of halogens is 1. The number of fused-ring (bicyclic) bond motifs is 1. The van der Waals surface area contributed by atoms with E-state index in [-0.39, 0.29) is 0 Å². The van der Waals surface area contributed by atoms with Gasteiger partial charge < -0.3 is 10.1 Å². The van der Waals surface area contributed by atoms with Gasteiger partial charge in [-0.1, -0.05) is 11.6 Å². The molecule has 0 aliphatic carbocycles. The van der Waals surface area contributed by atoms with Gasteiger partial charge in [-0.25, -0.2) is 4.98 Å². The van der Waals surface area contributed by atoms with Gasteiger partial charge in [0.2, 0.25) is 0 Å². The largest absolute Gasteiger partial charge is 0.494 e. The van der Waals surface area contributed by atoms with Crippen molar-refractivity contribution in [2.24, 2.45) is 0 Å². The van der Waals surface area contributed by atoms with Crippen LogP contribution in [0.3, 0.4) is 0 Å². The maximum atomic E-state index is 6.11. The van der Waals surface area contributed by atoms with Crippen LogP contribution >= 0.6 is 11.6 Å². The van der Waals surface area contributed by atoms with E-state index in [2.05, 4.69) is 10.3 Å². The molecule has 0 atom stereocenters. The summed E-state index contributed by atoms with van der Waals surface area (Å²) in [5, 5.41) is 3.58. The normalized spacial score (nSPS) is 10.9. The fourth-order valence-electron chi connectivity index (χ4n) is 1.70. The van der Waals surface area contributed by atoms with Crippen molar-refractivity contribution < 1.29 is 4.74 Å². The van der Waals surface area contributed by atoms with Gasteiger partial charge in [0.15, 0.2) is 5.15 Å². The molecule has 0 radical (unpaired) electrons. The van der Waals surface area contributed by atoms with Crippen LogP contribution in [0, 0.1) is 0 Å². The van der Waals surface area contributed by atoms with Crippen LogP contribution in [0.15, 0.2) is 18.3 Å². The highest BCUT2D eigenvalue weighted by molar-refractivity contribution is 6.33. The molecule has 0 saturated carbocycles. The van der Waals surface area contributed by atoms with E-state index in [0.717, 1.165) is 30.1 Å². The van der Waals surface area contributed by atoms with Crippen molar-refractivity contribution in [3.05, 3.63) is 29.3 Å². The minimum absolute atomic E-state index is 0.489. The van der Waals surface area contributed by atoms with Crippen LogP contribution < -0.4 is 10.1 Å². The standard InChI is InChI=1S/C11H14ClN3O/c1-13-6-5-9-14-11(12)10-8(16-2)4-3-7-15(9)10/h3-4,7,13H,5-6H2,1-2H3. The molecule has 0 bridgehead atoms. The van der Waals surface area contributed by atoms with E-state index in [0.29, 0.717) is 5.15 Å². The number of hydrogen-bond acceptors (Lipinski definition) is 3. The van der Waals surface area contributed by atoms with Crippen LogP contribution in [0.1, 0.15) is 5.82 Å². The summed E-state index contributed by atoms with van der Waals surface area (Å²) in [5.74, 6) is 1.68. The molecule has 4 nitrogen and oxygen atoms in total. The Kier molecular flexibility index (Phi) is 3.31. The summed E-state index contributed by atoms with van der Waals surface area (Å²) >= 11 is 6.11. The van der Waals surface area contributed by atoms with Crippen LogP contribution in [0.5, 0.6) is 5.75 Å². The fraction of sp³-hybridized carbons (Fsp3) is 0.364. The summed E-state index contributed by atoms with van der Waals surface area (Å²) in [6.45, 7) is 0.868. The van der Waals surface area contributed by atoms with Crippen LogP contribution in [-0.4, -0.2) is 30.1 Å². The first-order valence-electron chi connectivity index (χ1n) is 5.12. The molecule has 2 aromatic rings. The maximum Gasteiger partial charge on any atom is 0.158 e. The molecule has 2 heterocycles. The number of aromatic nitrogens is 2. The average molecular weight is 240 g/mol. The molecule has 16 heavy (non-hydrogen) atoms. The van der Waals surface area contributed by atoms with Crippen LogP contribution in [0.4, 0.5) is 0 Å². The summed E-state index contributed by atoms with van der Waals surface area (Å²) in [7, 11) is 3.55. The molecule has 5 heteroatoms. The molecule has 2 aromatic heterocycles. The highest BCUT2D eigenvalue weighted by atomic mass is 35.5. The molecular formula is C11H14ClN3O. The van der Waals surface area contributed by atoms with Crippen LogP contribution in [-0.2, 0) is 6.42 Å². The molecule has 0 unspecified atom stereocenters. The van der Waals surface area contributed by atoms with Crippen molar-refractivity contribution >= 4 is 17.1 Å². The van der Waals surface area contributed by atoms with Gasteiger partial charge in [-0.3, -0.25) is 4.40 Å². The SMILES string of the molecule is CNCCc1nc(Cl)c2c(OC)cccn12. The first-order chi connectivity index (χ1) is 7.77. The third kappa shape index (κ3) is 1.86. The zero-order chi connectivity index (χ0) is 11.5. The third-order valence-electron chi connectivity index (χ3n) is 2.48. The quantitative estimate of drug-likeness (QED) is 0.884. The van der Waals surface area contributed by atoms with Crippen molar-refractivity contribution in [1.82, 2.24) is 14.7 Å². The lowest BCUT2D eigenvalue weighted by molar-refractivity contribution is 0.418. The molecule has 0 saturated heterocycles. The summed E-state index contributed by atoms with van der Waals surface area (Å²) in [6, 6.07) is 3.80. The first-order valence-corrected chi connectivity index (χ1v) is 5.49. The van der Waals surface area contributed by atoms with Gasteiger partial charge in [0.25, 0.3) is 0 Å². The molecule has 0 aliphatic heterocycles. The number of rotatable bonds is 4. The van der Waals surface area contributed by atoms with E-state index in [1.54, 1.807) is 7.11 Å². The number of imidazole rings is 1. The van der Waals surface area contributed by atoms with Crippen molar-refractivity contribution in [3.8, 4) is 5.75 Å². The number of nitrogens with one attached hydrogen (secondary N) is 1. The number of hydrogen-bond donors (Lipinski definition) is 1. The Morgan fingerprint density at radius 3 is 3.06 bits per heavy atom. The number of ether oxygens (including phenoxy) is 1. The van der Waals surface area contributed by atoms with E-state index in [9.17, 15) is 0 Å². The number of likely N-dealkylation sites (N-methyl/N-ethyl adjacent to an activating group) is 1. The lowest BCUT2D eigenvalue weighted by atomic mass is 10.3. The first kappa shape index (κ1) is 11.2. The second-order valence-electron chi connectivity index (χ2n) is 3.47. The Hall–Kier alpha value is -1.26. The summed E-state index contributed by atoms with van der Waals surface area (Å²) in [4.78, 5) is 4.34. The molecule has 2 rings (SSSR count). The molecule has 0 fully saturated rings. The number of nitrogens with zero attached hydrogens (tertiary/aromatic N) is 2. The van der Waals surface area contributed by atoms with E-state index >= 15 is 0 Å². The van der Waals surface area contributed by atoms with Crippen molar-refractivity contribution in [2.45, 2.75) is 6.42 Å². The predicted molar refractivity (Wildman–Crippen MR) is 64.4 cm³/mol. The van der Waals surface area contributed by atoms with Crippen LogP contribution in [0.25, 0.3) is 5.52 Å². The minimum Gasteiger partial charge on any atom is -0.494 e. The predicted octanol–water partition coefficient (Wildman–Crippen LogP) is 1.76. The Morgan fingerprint density at radius 1 is 1.56 bits per heavy atom. The molecule has 0 spiro atoms. The average Bonchev–Trinajstić information content (AvgIpc) is 2.64. The summed E-state index contributed by atoms with van der Waals surface area (Å²) in [5.41, 5.74) is 0.831. The van der Waals surface area contributed by atoms with E-state index in [1.165, 1.54) is 0 Å². The smallest absolute Gasteiger partial charge is 0.158 e. The summed E-state index contributed by atoms with van der Waals surface area (Å²) < 4.78 is 7.24. The Balaban J connectivity index is 2.53. The minimum atomic E-state index is 0.489. The highest BCUT2D eigenvalue weighted by Crippen LogP contribution is 2.27. The molecule has 86 valence electrons. The second kappa shape index (κ2) is 4.72.